The number of halogens is 2. The van der Waals surface area contributed by atoms with E-state index in [0.29, 0.717) is 18.2 Å². The molecule has 0 aliphatic carbocycles. The minimum Gasteiger partial charge on any atom is -0.379 e. The highest BCUT2D eigenvalue weighted by atomic mass is 35.5. The predicted molar refractivity (Wildman–Crippen MR) is 79.3 cm³/mol. The van der Waals surface area contributed by atoms with Crippen LogP contribution in [0.25, 0.3) is 0 Å². The van der Waals surface area contributed by atoms with Crippen molar-refractivity contribution in [2.24, 2.45) is 0 Å². The van der Waals surface area contributed by atoms with Gasteiger partial charge in [0.25, 0.3) is 0 Å². The minimum atomic E-state index is -0.400. The van der Waals surface area contributed by atoms with Crippen LogP contribution >= 0.6 is 11.6 Å². The van der Waals surface area contributed by atoms with Crippen molar-refractivity contribution in [3.63, 3.8) is 0 Å². The highest BCUT2D eigenvalue weighted by Gasteiger charge is 2.05. The van der Waals surface area contributed by atoms with Crippen molar-refractivity contribution in [3.8, 4) is 0 Å². The Hall–Kier alpha value is -1.54. The van der Waals surface area contributed by atoms with Crippen LogP contribution in [0.3, 0.4) is 0 Å². The molecule has 0 amide bonds. The molecule has 19 heavy (non-hydrogen) atoms. The van der Waals surface area contributed by atoms with Gasteiger partial charge < -0.3 is 5.32 Å². The zero-order valence-electron chi connectivity index (χ0n) is 11.1. The van der Waals surface area contributed by atoms with Gasteiger partial charge in [0.2, 0.25) is 0 Å². The Kier molecular flexibility index (Phi) is 4.43. The average Bonchev–Trinajstić information content (AvgIpc) is 2.41. The Morgan fingerprint density at radius 2 is 1.79 bits per heavy atom. The molecule has 100 valence electrons. The van der Waals surface area contributed by atoms with Crippen LogP contribution in [-0.4, -0.2) is 0 Å². The molecule has 0 aliphatic rings. The fraction of sp³-hybridized carbons (Fsp3) is 0.250. The normalized spacial score (nSPS) is 10.8. The molecule has 0 radical (unpaired) electrons. The SMILES string of the molecule is CC(C)c1ccc(CNc2cccc(Cl)c2F)cc1. The van der Waals surface area contributed by atoms with Gasteiger partial charge in [-0.25, -0.2) is 4.39 Å². The first-order chi connectivity index (χ1) is 9.08. The zero-order valence-corrected chi connectivity index (χ0v) is 11.8. The first-order valence-electron chi connectivity index (χ1n) is 6.34. The van der Waals surface area contributed by atoms with Gasteiger partial charge in [-0.1, -0.05) is 55.8 Å². The van der Waals surface area contributed by atoms with E-state index < -0.39 is 5.82 Å². The molecule has 2 aromatic carbocycles. The average molecular weight is 278 g/mol. The summed E-state index contributed by atoms with van der Waals surface area (Å²) in [7, 11) is 0. The van der Waals surface area contributed by atoms with Crippen molar-refractivity contribution >= 4 is 17.3 Å². The van der Waals surface area contributed by atoms with Crippen LogP contribution in [0.2, 0.25) is 5.02 Å². The lowest BCUT2D eigenvalue weighted by atomic mass is 10.0. The number of benzene rings is 2. The van der Waals surface area contributed by atoms with Crippen LogP contribution in [0.15, 0.2) is 42.5 Å². The maximum absolute atomic E-state index is 13.7. The lowest BCUT2D eigenvalue weighted by Gasteiger charge is -2.10. The third kappa shape index (κ3) is 3.48. The summed E-state index contributed by atoms with van der Waals surface area (Å²) in [6.45, 7) is 4.90. The number of rotatable bonds is 4. The molecular formula is C16H17ClFN. The molecule has 0 heterocycles. The second-order valence-electron chi connectivity index (χ2n) is 4.85. The smallest absolute Gasteiger partial charge is 0.164 e. The van der Waals surface area contributed by atoms with E-state index in [2.05, 4.69) is 43.4 Å². The lowest BCUT2D eigenvalue weighted by molar-refractivity contribution is 0.630. The van der Waals surface area contributed by atoms with Crippen LogP contribution in [0.5, 0.6) is 0 Å². The first kappa shape index (κ1) is 13.9. The van der Waals surface area contributed by atoms with Gasteiger partial charge in [0.05, 0.1) is 10.7 Å². The molecule has 0 saturated heterocycles. The molecule has 0 saturated carbocycles. The summed E-state index contributed by atoms with van der Waals surface area (Å²) in [5.74, 6) is 0.121. The van der Waals surface area contributed by atoms with Crippen LogP contribution < -0.4 is 5.32 Å². The van der Waals surface area contributed by atoms with Crippen LogP contribution in [0.1, 0.15) is 30.9 Å². The maximum Gasteiger partial charge on any atom is 0.164 e. The Morgan fingerprint density at radius 3 is 2.42 bits per heavy atom. The molecule has 0 aromatic heterocycles. The number of anilines is 1. The van der Waals surface area contributed by atoms with Crippen LogP contribution in [-0.2, 0) is 6.54 Å². The Bertz CT molecular complexity index is 549. The monoisotopic (exact) mass is 277 g/mol. The third-order valence-electron chi connectivity index (χ3n) is 3.08. The summed E-state index contributed by atoms with van der Waals surface area (Å²) >= 11 is 5.74. The first-order valence-corrected chi connectivity index (χ1v) is 6.72. The van der Waals surface area contributed by atoms with Crippen molar-refractivity contribution in [3.05, 3.63) is 64.4 Å². The summed E-state index contributed by atoms with van der Waals surface area (Å²) in [5, 5.41) is 3.20. The topological polar surface area (TPSA) is 12.0 Å². The van der Waals surface area contributed by atoms with Crippen molar-refractivity contribution in [1.82, 2.24) is 0 Å². The molecule has 0 aliphatic heterocycles. The molecule has 0 spiro atoms. The molecule has 0 bridgehead atoms. The molecular weight excluding hydrogens is 261 g/mol. The van der Waals surface area contributed by atoms with Gasteiger partial charge in [-0.15, -0.1) is 0 Å². The minimum absolute atomic E-state index is 0.139. The second-order valence-corrected chi connectivity index (χ2v) is 5.26. The molecule has 3 heteroatoms. The summed E-state index contributed by atoms with van der Waals surface area (Å²) in [5.41, 5.74) is 2.85. The Labute approximate surface area is 118 Å². The van der Waals surface area contributed by atoms with Crippen LogP contribution in [0.4, 0.5) is 10.1 Å². The van der Waals surface area contributed by atoms with Gasteiger partial charge in [0, 0.05) is 6.54 Å². The fourth-order valence-corrected chi connectivity index (χ4v) is 2.03. The molecule has 0 atom stereocenters. The van der Waals surface area contributed by atoms with Crippen molar-refractivity contribution in [1.29, 1.82) is 0 Å². The van der Waals surface area contributed by atoms with E-state index in [4.69, 9.17) is 11.6 Å². The van der Waals surface area contributed by atoms with Gasteiger partial charge >= 0.3 is 0 Å². The summed E-state index contributed by atoms with van der Waals surface area (Å²) in [6.07, 6.45) is 0. The Balaban J connectivity index is 2.04. The third-order valence-corrected chi connectivity index (χ3v) is 3.37. The maximum atomic E-state index is 13.7. The van der Waals surface area contributed by atoms with Crippen LogP contribution in [0, 0.1) is 5.82 Å². The molecule has 1 nitrogen and oxygen atoms in total. The number of hydrogen-bond donors (Lipinski definition) is 1. The molecule has 0 fully saturated rings. The summed E-state index contributed by atoms with van der Waals surface area (Å²) in [6, 6.07) is 13.3. The molecule has 1 N–H and O–H groups in total. The quantitative estimate of drug-likeness (QED) is 0.808. The van der Waals surface area contributed by atoms with Gasteiger partial charge in [-0.3, -0.25) is 0 Å². The van der Waals surface area contributed by atoms with Gasteiger partial charge in [0.15, 0.2) is 5.82 Å². The van der Waals surface area contributed by atoms with E-state index in [-0.39, 0.29) is 5.02 Å². The van der Waals surface area contributed by atoms with E-state index in [1.807, 2.05) is 0 Å². The zero-order chi connectivity index (χ0) is 13.8. The number of nitrogens with one attached hydrogen (secondary N) is 1. The van der Waals surface area contributed by atoms with Crippen molar-refractivity contribution in [2.45, 2.75) is 26.3 Å². The van der Waals surface area contributed by atoms with Crippen molar-refractivity contribution < 1.29 is 4.39 Å². The molecule has 0 unspecified atom stereocenters. The van der Waals surface area contributed by atoms with Crippen molar-refractivity contribution in [2.75, 3.05) is 5.32 Å². The van der Waals surface area contributed by atoms with E-state index >= 15 is 0 Å². The van der Waals surface area contributed by atoms with E-state index in [1.165, 1.54) is 5.56 Å². The standard InChI is InChI=1S/C16H17ClFN/c1-11(2)13-8-6-12(7-9-13)10-19-15-5-3-4-14(17)16(15)18/h3-9,11,19H,10H2,1-2H3. The molecule has 2 aromatic rings. The van der Waals surface area contributed by atoms with Gasteiger partial charge in [-0.05, 0) is 29.2 Å². The highest BCUT2D eigenvalue weighted by molar-refractivity contribution is 6.31. The second kappa shape index (κ2) is 6.07. The van der Waals surface area contributed by atoms with E-state index in [9.17, 15) is 4.39 Å². The fourth-order valence-electron chi connectivity index (χ4n) is 1.86. The predicted octanol–water partition coefficient (Wildman–Crippen LogP) is 5.21. The number of hydrogen-bond acceptors (Lipinski definition) is 1. The van der Waals surface area contributed by atoms with Gasteiger partial charge in [-0.2, -0.15) is 0 Å². The lowest BCUT2D eigenvalue weighted by Crippen LogP contribution is -2.02. The largest absolute Gasteiger partial charge is 0.379 e. The van der Waals surface area contributed by atoms with E-state index in [1.54, 1.807) is 18.2 Å². The highest BCUT2D eigenvalue weighted by Crippen LogP contribution is 2.22. The Morgan fingerprint density at radius 1 is 1.11 bits per heavy atom. The van der Waals surface area contributed by atoms with Gasteiger partial charge in [0.1, 0.15) is 0 Å². The summed E-state index contributed by atoms with van der Waals surface area (Å²) < 4.78 is 13.7. The van der Waals surface area contributed by atoms with E-state index in [0.717, 1.165) is 5.56 Å². The molecule has 2 rings (SSSR count). The summed E-state index contributed by atoms with van der Waals surface area (Å²) in [4.78, 5) is 0.